The largest absolute Gasteiger partial charge is 0.460 e. The van der Waals surface area contributed by atoms with Gasteiger partial charge in [0.15, 0.2) is 0 Å². The van der Waals surface area contributed by atoms with Crippen molar-refractivity contribution in [2.45, 2.75) is 6.92 Å². The normalized spacial score (nSPS) is 14.5. The highest BCUT2D eigenvalue weighted by Crippen LogP contribution is 2.03. The fourth-order valence-electron chi connectivity index (χ4n) is 1.32. The first-order valence-corrected chi connectivity index (χ1v) is 4.88. The maximum Gasteiger partial charge on any atom is 0.214 e. The van der Waals surface area contributed by atoms with E-state index in [0.29, 0.717) is 0 Å². The third-order valence-electron chi connectivity index (χ3n) is 2.08. The van der Waals surface area contributed by atoms with Crippen molar-refractivity contribution in [2.24, 2.45) is 10.1 Å². The van der Waals surface area contributed by atoms with Crippen LogP contribution < -0.4 is 5.32 Å². The number of hydrazone groups is 1. The molecule has 5 nitrogen and oxygen atoms in total. The van der Waals surface area contributed by atoms with E-state index in [4.69, 9.17) is 4.42 Å². The van der Waals surface area contributed by atoms with Gasteiger partial charge in [-0.1, -0.05) is 0 Å². The summed E-state index contributed by atoms with van der Waals surface area (Å²) >= 11 is 0. The Balaban J connectivity index is 0.00000128. The molecule has 0 amide bonds. The Labute approximate surface area is 105 Å². The number of hydrogen-bond acceptors (Lipinski definition) is 5. The maximum absolute atomic E-state index is 5.36. The molecule has 0 saturated carbocycles. The Morgan fingerprint density at radius 3 is 2.94 bits per heavy atom. The number of rotatable bonds is 2. The molecule has 1 aromatic rings. The first-order valence-electron chi connectivity index (χ1n) is 4.88. The van der Waals surface area contributed by atoms with Crippen molar-refractivity contribution in [1.29, 1.82) is 0 Å². The summed E-state index contributed by atoms with van der Waals surface area (Å²) in [5.41, 5.74) is 0. The molecule has 0 fully saturated rings. The van der Waals surface area contributed by atoms with E-state index in [2.05, 4.69) is 15.4 Å². The molecule has 88 valence electrons. The molecule has 0 radical (unpaired) electrons. The number of furan rings is 1. The smallest absolute Gasteiger partial charge is 0.214 e. The summed E-state index contributed by atoms with van der Waals surface area (Å²) in [6.07, 6.45) is 1.68. The van der Waals surface area contributed by atoms with E-state index < -0.39 is 0 Å². The quantitative estimate of drug-likeness (QED) is 0.660. The van der Waals surface area contributed by atoms with E-state index in [1.165, 1.54) is 0 Å². The van der Waals surface area contributed by atoms with Gasteiger partial charge in [-0.2, -0.15) is 5.10 Å². The first kappa shape index (κ1) is 12.8. The molecule has 2 rings (SSSR count). The summed E-state index contributed by atoms with van der Waals surface area (Å²) in [4.78, 5) is 4.24. The summed E-state index contributed by atoms with van der Waals surface area (Å²) in [5.74, 6) is 2.43. The second-order valence-corrected chi connectivity index (χ2v) is 3.35. The minimum Gasteiger partial charge on any atom is -0.460 e. The summed E-state index contributed by atoms with van der Waals surface area (Å²) in [5, 5.41) is 9.04. The van der Waals surface area contributed by atoms with Crippen molar-refractivity contribution in [1.82, 2.24) is 10.3 Å². The van der Waals surface area contributed by atoms with Crippen molar-refractivity contribution in [2.75, 3.05) is 20.1 Å². The molecule has 0 unspecified atom stereocenters. The molecular weight excluding hydrogens is 272 g/mol. The zero-order chi connectivity index (χ0) is 10.7. The van der Waals surface area contributed by atoms with Gasteiger partial charge >= 0.3 is 0 Å². The van der Waals surface area contributed by atoms with Gasteiger partial charge < -0.3 is 9.73 Å². The lowest BCUT2D eigenvalue weighted by molar-refractivity contribution is 0.511. The van der Waals surface area contributed by atoms with Crippen LogP contribution in [0.25, 0.3) is 0 Å². The highest BCUT2D eigenvalue weighted by Gasteiger charge is 2.08. The topological polar surface area (TPSA) is 53.1 Å². The lowest BCUT2D eigenvalue weighted by Crippen LogP contribution is -2.32. The second-order valence-electron chi connectivity index (χ2n) is 3.35. The number of nitrogens with one attached hydrogen (secondary N) is 1. The Morgan fingerprint density at radius 1 is 1.56 bits per heavy atom. The first-order chi connectivity index (χ1) is 7.25. The van der Waals surface area contributed by atoms with Crippen molar-refractivity contribution in [3.63, 3.8) is 0 Å². The molecule has 0 aromatic carbocycles. The van der Waals surface area contributed by atoms with Gasteiger partial charge in [-0.25, -0.2) is 10.0 Å². The third-order valence-corrected chi connectivity index (χ3v) is 2.08. The number of aryl methyl sites for hydroxylation is 1. The molecule has 16 heavy (non-hydrogen) atoms. The van der Waals surface area contributed by atoms with Crippen LogP contribution in [0.1, 0.15) is 11.5 Å². The number of hydrogen-bond donors (Lipinski definition) is 1. The van der Waals surface area contributed by atoms with Gasteiger partial charge in [0.2, 0.25) is 5.96 Å². The Kier molecular flexibility index (Phi) is 4.54. The maximum atomic E-state index is 5.36. The summed E-state index contributed by atoms with van der Waals surface area (Å²) < 4.78 is 5.36. The number of guanidine groups is 1. The monoisotopic (exact) mass is 286 g/mol. The summed E-state index contributed by atoms with van der Waals surface area (Å²) in [7, 11) is 1.85. The Bertz CT molecular complexity index is 399. The number of aliphatic imine (C=N–C) groups is 1. The van der Waals surface area contributed by atoms with Gasteiger partial charge in [0, 0.05) is 13.6 Å². The minimum absolute atomic E-state index is 0. The number of halogens is 1. The van der Waals surface area contributed by atoms with Crippen LogP contribution in [0.4, 0.5) is 0 Å². The molecule has 0 saturated heterocycles. The molecule has 6 heteroatoms. The summed E-state index contributed by atoms with van der Waals surface area (Å²) in [6, 6.07) is 3.79. The van der Waals surface area contributed by atoms with Crippen LogP contribution >= 0.6 is 17.0 Å². The van der Waals surface area contributed by atoms with E-state index in [1.807, 2.05) is 26.1 Å². The van der Waals surface area contributed by atoms with Crippen LogP contribution in [-0.2, 0) is 0 Å². The molecule has 0 aliphatic carbocycles. The molecule has 0 spiro atoms. The van der Waals surface area contributed by atoms with Gasteiger partial charge in [0.1, 0.15) is 11.5 Å². The predicted molar refractivity (Wildman–Crippen MR) is 69.4 cm³/mol. The average Bonchev–Trinajstić information content (AvgIpc) is 2.84. The standard InChI is InChI=1S/C10H14N4O.BrH/c1-8-3-4-9(15-8)7-13-14(2)10-11-5-6-12-10;/h3-4,7H,5-6H2,1-2H3,(H,11,12);1H. The van der Waals surface area contributed by atoms with E-state index in [-0.39, 0.29) is 17.0 Å². The fraction of sp³-hybridized carbons (Fsp3) is 0.400. The van der Waals surface area contributed by atoms with Crippen molar-refractivity contribution in [3.05, 3.63) is 23.7 Å². The Hall–Kier alpha value is -1.30. The second kappa shape index (κ2) is 5.69. The molecule has 0 atom stereocenters. The molecule has 1 aliphatic rings. The predicted octanol–water partition coefficient (Wildman–Crippen LogP) is 1.39. The summed E-state index contributed by atoms with van der Waals surface area (Å²) in [6.45, 7) is 3.60. The van der Waals surface area contributed by atoms with E-state index in [9.17, 15) is 0 Å². The molecule has 0 bridgehead atoms. The zero-order valence-corrected chi connectivity index (χ0v) is 11.0. The Morgan fingerprint density at radius 2 is 2.38 bits per heavy atom. The van der Waals surface area contributed by atoms with Gasteiger partial charge in [0.05, 0.1) is 12.8 Å². The van der Waals surface area contributed by atoms with Gasteiger partial charge in [0.25, 0.3) is 0 Å². The lowest BCUT2D eigenvalue weighted by atomic mass is 10.4. The van der Waals surface area contributed by atoms with Crippen LogP contribution in [0.2, 0.25) is 0 Å². The molecule has 1 aliphatic heterocycles. The van der Waals surface area contributed by atoms with Crippen LogP contribution in [0, 0.1) is 6.92 Å². The van der Waals surface area contributed by atoms with Gasteiger partial charge in [-0.3, -0.25) is 0 Å². The third kappa shape index (κ3) is 3.10. The average molecular weight is 287 g/mol. The van der Waals surface area contributed by atoms with Crippen LogP contribution in [0.3, 0.4) is 0 Å². The van der Waals surface area contributed by atoms with Crippen molar-refractivity contribution in [3.8, 4) is 0 Å². The SMILES string of the molecule is Br.Cc1ccc(C=NN(C)C2=NCCN2)o1. The van der Waals surface area contributed by atoms with Crippen LogP contribution in [-0.4, -0.2) is 37.3 Å². The van der Waals surface area contributed by atoms with Crippen molar-refractivity contribution < 1.29 is 4.42 Å². The highest BCUT2D eigenvalue weighted by molar-refractivity contribution is 8.93. The molecule has 1 aromatic heterocycles. The van der Waals surface area contributed by atoms with E-state index in [1.54, 1.807) is 11.2 Å². The van der Waals surface area contributed by atoms with Gasteiger partial charge in [-0.05, 0) is 19.1 Å². The molecule has 2 heterocycles. The van der Waals surface area contributed by atoms with Crippen molar-refractivity contribution >= 4 is 29.2 Å². The van der Waals surface area contributed by atoms with E-state index >= 15 is 0 Å². The zero-order valence-electron chi connectivity index (χ0n) is 9.30. The van der Waals surface area contributed by atoms with E-state index in [0.717, 1.165) is 30.6 Å². The van der Waals surface area contributed by atoms with Gasteiger partial charge in [-0.15, -0.1) is 17.0 Å². The fourth-order valence-corrected chi connectivity index (χ4v) is 1.32. The van der Waals surface area contributed by atoms with Crippen LogP contribution in [0.5, 0.6) is 0 Å². The number of nitrogens with zero attached hydrogens (tertiary/aromatic N) is 3. The highest BCUT2D eigenvalue weighted by atomic mass is 79.9. The molecule has 1 N–H and O–H groups in total. The van der Waals surface area contributed by atoms with Crippen LogP contribution in [0.15, 0.2) is 26.6 Å². The minimum atomic E-state index is 0. The molecular formula is C10H15BrN4O. The lowest BCUT2D eigenvalue weighted by Gasteiger charge is -2.11.